The number of fused-ring (bicyclic) bond motifs is 3. The number of benzene rings is 2. The summed E-state index contributed by atoms with van der Waals surface area (Å²) >= 11 is 2.07. The summed E-state index contributed by atoms with van der Waals surface area (Å²) in [5.74, 6) is -1.87. The second kappa shape index (κ2) is 11.9. The Morgan fingerprint density at radius 3 is 2.71 bits per heavy atom. The van der Waals surface area contributed by atoms with Crippen molar-refractivity contribution in [2.24, 2.45) is 17.8 Å². The number of imide groups is 1. The molecule has 2 aromatic carbocycles. The summed E-state index contributed by atoms with van der Waals surface area (Å²) in [7, 11) is 1.51. The predicted octanol–water partition coefficient (Wildman–Crippen LogP) is 5.00. The molecule has 2 N–H and O–H groups in total. The Balaban J connectivity index is 1.37. The van der Waals surface area contributed by atoms with Gasteiger partial charge < -0.3 is 19.7 Å². The molecule has 2 amide bonds. The van der Waals surface area contributed by atoms with Gasteiger partial charge >= 0.3 is 0 Å². The number of allylic oxidation sites excluding steroid dienone is 1. The zero-order valence-electron chi connectivity index (χ0n) is 22.7. The van der Waals surface area contributed by atoms with Gasteiger partial charge in [-0.1, -0.05) is 24.6 Å². The Labute approximate surface area is 250 Å². The molecule has 10 nitrogen and oxygen atoms in total. The third-order valence-electron chi connectivity index (χ3n) is 8.32. The van der Waals surface area contributed by atoms with E-state index < -0.39 is 22.7 Å². The van der Waals surface area contributed by atoms with Crippen molar-refractivity contribution in [2.75, 3.05) is 25.2 Å². The summed E-state index contributed by atoms with van der Waals surface area (Å²) in [5.41, 5.74) is 3.72. The molecule has 0 spiro atoms. The number of nitro benzene ring substituents is 1. The molecular weight excluding hydrogens is 643 g/mol. The van der Waals surface area contributed by atoms with Crippen molar-refractivity contribution in [3.8, 4) is 11.5 Å². The number of amides is 2. The average molecular weight is 674 g/mol. The lowest BCUT2D eigenvalue weighted by Gasteiger charge is -2.31. The number of halogens is 1. The average Bonchev–Trinajstić information content (AvgIpc) is 3.50. The molecule has 11 heteroatoms. The molecule has 0 unspecified atom stereocenters. The molecule has 0 radical (unpaired) electrons. The minimum atomic E-state index is -0.641. The maximum atomic E-state index is 13.7. The van der Waals surface area contributed by atoms with Gasteiger partial charge in [-0.3, -0.25) is 19.7 Å². The van der Waals surface area contributed by atoms with Crippen molar-refractivity contribution in [2.45, 2.75) is 38.7 Å². The van der Waals surface area contributed by atoms with Crippen molar-refractivity contribution in [3.05, 3.63) is 72.4 Å². The molecule has 0 aromatic heterocycles. The van der Waals surface area contributed by atoms with E-state index in [2.05, 4.69) is 35.6 Å². The van der Waals surface area contributed by atoms with Crippen molar-refractivity contribution in [1.82, 2.24) is 0 Å². The first kappa shape index (κ1) is 29.2. The second-order valence-electron chi connectivity index (χ2n) is 10.5. The van der Waals surface area contributed by atoms with Gasteiger partial charge in [0, 0.05) is 18.1 Å². The summed E-state index contributed by atoms with van der Waals surface area (Å²) in [6.07, 6.45) is 4.21. The van der Waals surface area contributed by atoms with Crippen molar-refractivity contribution in [1.29, 1.82) is 0 Å². The number of aromatic hydroxyl groups is 1. The fraction of sp³-hybridized carbons (Fsp3) is 0.400. The third-order valence-corrected chi connectivity index (χ3v) is 9.14. The van der Waals surface area contributed by atoms with Gasteiger partial charge in [-0.2, -0.15) is 0 Å². The van der Waals surface area contributed by atoms with Gasteiger partial charge in [-0.05, 0) is 83.2 Å². The number of phenolic OH excluding ortho intramolecular Hbond substituents is 1. The Morgan fingerprint density at radius 2 is 2.02 bits per heavy atom. The number of anilines is 1. The molecular formula is C30H31IN2O8. The van der Waals surface area contributed by atoms with Crippen LogP contribution in [0.2, 0.25) is 0 Å². The molecule has 41 heavy (non-hydrogen) atoms. The fourth-order valence-corrected chi connectivity index (χ4v) is 6.98. The number of aliphatic hydroxyl groups excluding tert-OH is 1. The van der Waals surface area contributed by atoms with Crippen LogP contribution in [0.15, 0.2) is 53.1 Å². The first-order chi connectivity index (χ1) is 19.7. The number of carbonyl (C=O) groups excluding carboxylic acids is 2. The van der Waals surface area contributed by atoms with Crippen LogP contribution in [-0.2, 0) is 14.3 Å². The Morgan fingerprint density at radius 1 is 1.24 bits per heavy atom. The molecule has 0 saturated carbocycles. The standard InChI is InChI=1S/C30H31IN2O8/c1-3-16(9-17-10-23(31)28(35)25(11-17)40-2)7-8-24-26-18(14-34)12-21-27(22(26)15-41-24)30(37)32(29(21)36)19-5-4-6-20(13-19)33(38)39/h4-6,9-11,13,21-22,24,27,34-35H,3,7-8,12,14-15H2,1-2H3/b16-9+/t21-,22+,24-,27-/m1/s1. The number of hydrogen-bond acceptors (Lipinski definition) is 8. The third kappa shape index (κ3) is 5.38. The minimum Gasteiger partial charge on any atom is -0.504 e. The molecule has 2 aromatic rings. The van der Waals surface area contributed by atoms with E-state index in [-0.39, 0.29) is 54.7 Å². The minimum absolute atomic E-state index is 0.108. The van der Waals surface area contributed by atoms with Gasteiger partial charge in [-0.15, -0.1) is 0 Å². The quantitative estimate of drug-likeness (QED) is 0.125. The highest BCUT2D eigenvalue weighted by molar-refractivity contribution is 14.1. The normalized spacial score (nSPS) is 24.1. The number of phenols is 1. The summed E-state index contributed by atoms with van der Waals surface area (Å²) in [6, 6.07) is 9.22. The number of aliphatic hydroxyl groups is 1. The van der Waals surface area contributed by atoms with Gasteiger partial charge in [0.2, 0.25) is 11.8 Å². The SMILES string of the molecule is CC/C(=C\c1cc(I)c(O)c(OC)c1)CC[C@H]1OC[C@H]2C1=C(CO)C[C@H]1C(=O)N(c3cccc([N+](=O)[O-])c3)C(=O)[C@H]12. The van der Waals surface area contributed by atoms with E-state index in [9.17, 15) is 29.9 Å². The number of non-ortho nitro benzene ring substituents is 1. The summed E-state index contributed by atoms with van der Waals surface area (Å²) in [6.45, 7) is 2.11. The lowest BCUT2D eigenvalue weighted by molar-refractivity contribution is -0.384. The van der Waals surface area contributed by atoms with Gasteiger partial charge in [0.15, 0.2) is 11.5 Å². The zero-order valence-corrected chi connectivity index (χ0v) is 24.9. The number of hydrogen-bond donors (Lipinski definition) is 2. The Bertz CT molecular complexity index is 1470. The predicted molar refractivity (Wildman–Crippen MR) is 159 cm³/mol. The fourth-order valence-electron chi connectivity index (χ4n) is 6.36. The maximum absolute atomic E-state index is 13.7. The number of rotatable bonds is 9. The van der Waals surface area contributed by atoms with Gasteiger partial charge in [0.05, 0.1) is 52.4 Å². The zero-order chi connectivity index (χ0) is 29.4. The summed E-state index contributed by atoms with van der Waals surface area (Å²) < 4.78 is 12.2. The molecule has 4 atom stereocenters. The van der Waals surface area contributed by atoms with E-state index in [1.807, 2.05) is 6.07 Å². The summed E-state index contributed by atoms with van der Waals surface area (Å²) in [5, 5.41) is 31.7. The molecule has 2 heterocycles. The van der Waals surface area contributed by atoms with Gasteiger partial charge in [0.25, 0.3) is 5.69 Å². The molecule has 2 saturated heterocycles. The number of nitro groups is 1. The Hall–Kier alpha value is -3.29. The number of ether oxygens (including phenoxy) is 2. The first-order valence-corrected chi connectivity index (χ1v) is 14.6. The lowest BCUT2D eigenvalue weighted by atomic mass is 9.69. The Kier molecular flexibility index (Phi) is 8.48. The molecule has 2 aliphatic heterocycles. The van der Waals surface area contributed by atoms with Gasteiger partial charge in [0.1, 0.15) is 0 Å². The van der Waals surface area contributed by atoms with Crippen LogP contribution >= 0.6 is 22.6 Å². The first-order valence-electron chi connectivity index (χ1n) is 13.5. The maximum Gasteiger partial charge on any atom is 0.271 e. The van der Waals surface area contributed by atoms with Crippen LogP contribution < -0.4 is 9.64 Å². The summed E-state index contributed by atoms with van der Waals surface area (Å²) in [4.78, 5) is 38.9. The van der Waals surface area contributed by atoms with Crippen LogP contribution in [0.1, 0.15) is 38.2 Å². The highest BCUT2D eigenvalue weighted by Crippen LogP contribution is 2.50. The number of nitrogens with zero attached hydrogens (tertiary/aromatic N) is 2. The van der Waals surface area contributed by atoms with Crippen molar-refractivity contribution >= 4 is 51.9 Å². The second-order valence-corrected chi connectivity index (χ2v) is 11.7. The van der Waals surface area contributed by atoms with Crippen LogP contribution in [0.3, 0.4) is 0 Å². The largest absolute Gasteiger partial charge is 0.504 e. The van der Waals surface area contributed by atoms with E-state index in [1.54, 1.807) is 6.07 Å². The van der Waals surface area contributed by atoms with E-state index in [1.165, 1.54) is 36.9 Å². The topological polar surface area (TPSA) is 139 Å². The smallest absolute Gasteiger partial charge is 0.271 e. The van der Waals surface area contributed by atoms with Crippen LogP contribution in [-0.4, -0.2) is 53.4 Å². The van der Waals surface area contributed by atoms with Gasteiger partial charge in [-0.25, -0.2) is 4.90 Å². The van der Waals surface area contributed by atoms with Crippen molar-refractivity contribution < 1.29 is 34.2 Å². The molecule has 0 bridgehead atoms. The monoisotopic (exact) mass is 674 g/mol. The number of carbonyl (C=O) groups is 2. The lowest BCUT2D eigenvalue weighted by Crippen LogP contribution is -2.35. The molecule has 216 valence electrons. The van der Waals surface area contributed by atoms with Crippen LogP contribution in [0.4, 0.5) is 11.4 Å². The highest BCUT2D eigenvalue weighted by Gasteiger charge is 2.57. The molecule has 5 rings (SSSR count). The highest BCUT2D eigenvalue weighted by atomic mass is 127. The van der Waals surface area contributed by atoms with Crippen LogP contribution in [0, 0.1) is 31.4 Å². The number of methoxy groups -OCH3 is 1. The van der Waals surface area contributed by atoms with E-state index in [0.29, 0.717) is 15.7 Å². The van der Waals surface area contributed by atoms with Crippen LogP contribution in [0.5, 0.6) is 11.5 Å². The molecule has 1 aliphatic carbocycles. The van der Waals surface area contributed by atoms with E-state index in [0.717, 1.165) is 34.5 Å². The van der Waals surface area contributed by atoms with E-state index in [4.69, 9.17) is 9.47 Å². The molecule has 2 fully saturated rings. The molecule has 3 aliphatic rings. The van der Waals surface area contributed by atoms with E-state index >= 15 is 0 Å². The van der Waals surface area contributed by atoms with Crippen molar-refractivity contribution in [3.63, 3.8) is 0 Å². The van der Waals surface area contributed by atoms with Crippen LogP contribution in [0.25, 0.3) is 6.08 Å².